The van der Waals surface area contributed by atoms with Crippen LogP contribution in [0.4, 0.5) is 0 Å². The van der Waals surface area contributed by atoms with Gasteiger partial charge in [0.1, 0.15) is 0 Å². The molecule has 1 unspecified atom stereocenters. The lowest BCUT2D eigenvalue weighted by atomic mass is 10.0. The summed E-state index contributed by atoms with van der Waals surface area (Å²) >= 11 is 0. The second-order valence-electron chi connectivity index (χ2n) is 4.41. The van der Waals surface area contributed by atoms with Crippen molar-refractivity contribution in [3.05, 3.63) is 0 Å². The van der Waals surface area contributed by atoms with Gasteiger partial charge in [0.2, 0.25) is 0 Å². The predicted molar refractivity (Wildman–Crippen MR) is 54.6 cm³/mol. The minimum absolute atomic E-state index is 0.553. The van der Waals surface area contributed by atoms with Gasteiger partial charge in [0.25, 0.3) is 0 Å². The molecule has 1 aliphatic carbocycles. The Morgan fingerprint density at radius 2 is 2.15 bits per heavy atom. The third-order valence-corrected chi connectivity index (χ3v) is 2.84. The van der Waals surface area contributed by atoms with Crippen molar-refractivity contribution in [3.63, 3.8) is 0 Å². The van der Waals surface area contributed by atoms with Gasteiger partial charge < -0.3 is 10.6 Å². The van der Waals surface area contributed by atoms with E-state index in [2.05, 4.69) is 16.8 Å². The highest BCUT2D eigenvalue weighted by molar-refractivity contribution is 5.78. The number of nitrogens with zero attached hydrogens (tertiary/aromatic N) is 2. The van der Waals surface area contributed by atoms with Gasteiger partial charge in [-0.2, -0.15) is 0 Å². The van der Waals surface area contributed by atoms with E-state index in [1.165, 1.54) is 25.7 Å². The first-order valence-corrected chi connectivity index (χ1v) is 5.34. The average molecular weight is 181 g/mol. The zero-order chi connectivity index (χ0) is 9.26. The van der Waals surface area contributed by atoms with Gasteiger partial charge in [0, 0.05) is 13.1 Å². The van der Waals surface area contributed by atoms with E-state index in [1.54, 1.807) is 0 Å². The fourth-order valence-electron chi connectivity index (χ4n) is 1.87. The molecule has 1 saturated heterocycles. The van der Waals surface area contributed by atoms with Crippen molar-refractivity contribution in [1.82, 2.24) is 4.90 Å². The SMILES string of the molecule is CC1CCCN(C(N)=NC2CC2)C1. The lowest BCUT2D eigenvalue weighted by Crippen LogP contribution is -2.43. The standard InChI is InChI=1S/C10H19N3/c1-8-3-2-6-13(7-8)10(11)12-9-4-5-9/h8-9H,2-7H2,1H3,(H2,11,12). The molecule has 1 aliphatic heterocycles. The van der Waals surface area contributed by atoms with E-state index < -0.39 is 0 Å². The molecule has 2 N–H and O–H groups in total. The quantitative estimate of drug-likeness (QED) is 0.488. The van der Waals surface area contributed by atoms with Crippen molar-refractivity contribution >= 4 is 5.96 Å². The molecule has 1 saturated carbocycles. The van der Waals surface area contributed by atoms with Crippen LogP contribution in [0.3, 0.4) is 0 Å². The monoisotopic (exact) mass is 181 g/mol. The summed E-state index contributed by atoms with van der Waals surface area (Å²) in [5.74, 6) is 1.57. The van der Waals surface area contributed by atoms with Gasteiger partial charge in [-0.3, -0.25) is 0 Å². The van der Waals surface area contributed by atoms with Crippen LogP contribution in [0.5, 0.6) is 0 Å². The second kappa shape index (κ2) is 3.56. The molecule has 0 spiro atoms. The van der Waals surface area contributed by atoms with E-state index >= 15 is 0 Å². The van der Waals surface area contributed by atoms with Gasteiger partial charge in [-0.1, -0.05) is 6.92 Å². The summed E-state index contributed by atoms with van der Waals surface area (Å²) in [4.78, 5) is 6.71. The van der Waals surface area contributed by atoms with Gasteiger partial charge in [-0.25, -0.2) is 4.99 Å². The average Bonchev–Trinajstić information content (AvgIpc) is 2.88. The Balaban J connectivity index is 1.90. The second-order valence-corrected chi connectivity index (χ2v) is 4.41. The van der Waals surface area contributed by atoms with Crippen LogP contribution in [-0.2, 0) is 0 Å². The smallest absolute Gasteiger partial charge is 0.191 e. The van der Waals surface area contributed by atoms with Crippen LogP contribution in [-0.4, -0.2) is 30.0 Å². The molecule has 0 aromatic carbocycles. The minimum atomic E-state index is 0.553. The van der Waals surface area contributed by atoms with Crippen molar-refractivity contribution in [2.24, 2.45) is 16.6 Å². The maximum absolute atomic E-state index is 5.93. The molecule has 2 aliphatic rings. The molecule has 3 nitrogen and oxygen atoms in total. The van der Waals surface area contributed by atoms with Crippen LogP contribution in [0.15, 0.2) is 4.99 Å². The number of aliphatic imine (C=N–C) groups is 1. The number of likely N-dealkylation sites (tertiary alicyclic amines) is 1. The third kappa shape index (κ3) is 2.36. The number of hydrogen-bond donors (Lipinski definition) is 1. The first-order valence-electron chi connectivity index (χ1n) is 5.34. The fraction of sp³-hybridized carbons (Fsp3) is 0.900. The fourth-order valence-corrected chi connectivity index (χ4v) is 1.87. The Morgan fingerprint density at radius 1 is 1.38 bits per heavy atom. The molecule has 2 rings (SSSR count). The molecule has 0 aromatic rings. The van der Waals surface area contributed by atoms with E-state index in [4.69, 9.17) is 5.73 Å². The Bertz CT molecular complexity index is 208. The molecule has 74 valence electrons. The number of nitrogens with two attached hydrogens (primary N) is 1. The number of guanidine groups is 1. The van der Waals surface area contributed by atoms with Crippen molar-refractivity contribution in [2.45, 2.75) is 38.6 Å². The van der Waals surface area contributed by atoms with Gasteiger partial charge in [-0.05, 0) is 31.6 Å². The summed E-state index contributed by atoms with van der Waals surface area (Å²) < 4.78 is 0. The Labute approximate surface area is 80.0 Å². The molecule has 13 heavy (non-hydrogen) atoms. The van der Waals surface area contributed by atoms with Crippen LogP contribution < -0.4 is 5.73 Å². The van der Waals surface area contributed by atoms with Crippen LogP contribution in [0.2, 0.25) is 0 Å². The lowest BCUT2D eigenvalue weighted by Gasteiger charge is -2.31. The first kappa shape index (κ1) is 8.85. The summed E-state index contributed by atoms with van der Waals surface area (Å²) in [6.45, 7) is 4.49. The molecule has 0 amide bonds. The molecule has 0 aromatic heterocycles. The van der Waals surface area contributed by atoms with E-state index in [1.807, 2.05) is 0 Å². The van der Waals surface area contributed by atoms with Crippen molar-refractivity contribution in [1.29, 1.82) is 0 Å². The zero-order valence-corrected chi connectivity index (χ0v) is 8.37. The highest BCUT2D eigenvalue weighted by Crippen LogP contribution is 2.24. The lowest BCUT2D eigenvalue weighted by molar-refractivity contribution is 0.270. The molecular formula is C10H19N3. The Morgan fingerprint density at radius 3 is 2.77 bits per heavy atom. The molecule has 2 fully saturated rings. The van der Waals surface area contributed by atoms with E-state index in [-0.39, 0.29) is 0 Å². The van der Waals surface area contributed by atoms with Crippen molar-refractivity contribution in [2.75, 3.05) is 13.1 Å². The first-order chi connectivity index (χ1) is 6.25. The van der Waals surface area contributed by atoms with Gasteiger partial charge in [-0.15, -0.1) is 0 Å². The van der Waals surface area contributed by atoms with E-state index in [0.29, 0.717) is 6.04 Å². The maximum Gasteiger partial charge on any atom is 0.191 e. The zero-order valence-electron chi connectivity index (χ0n) is 8.37. The molecule has 0 radical (unpaired) electrons. The van der Waals surface area contributed by atoms with E-state index in [0.717, 1.165) is 25.0 Å². The summed E-state index contributed by atoms with van der Waals surface area (Å²) in [6.07, 6.45) is 5.09. The molecule has 3 heteroatoms. The van der Waals surface area contributed by atoms with Crippen LogP contribution in [0.1, 0.15) is 32.6 Å². The summed E-state index contributed by atoms with van der Waals surface area (Å²) in [6, 6.07) is 0.553. The van der Waals surface area contributed by atoms with Crippen molar-refractivity contribution in [3.8, 4) is 0 Å². The predicted octanol–water partition coefficient (Wildman–Crippen LogP) is 1.20. The highest BCUT2D eigenvalue weighted by Gasteiger charge is 2.23. The summed E-state index contributed by atoms with van der Waals surface area (Å²) in [5.41, 5.74) is 5.93. The minimum Gasteiger partial charge on any atom is -0.370 e. The number of rotatable bonds is 1. The molecule has 1 atom stereocenters. The van der Waals surface area contributed by atoms with Crippen LogP contribution in [0.25, 0.3) is 0 Å². The number of piperidine rings is 1. The molecular weight excluding hydrogens is 162 g/mol. The number of hydrogen-bond acceptors (Lipinski definition) is 1. The maximum atomic E-state index is 5.93. The van der Waals surface area contributed by atoms with Crippen LogP contribution in [0, 0.1) is 5.92 Å². The van der Waals surface area contributed by atoms with Gasteiger partial charge in [0.15, 0.2) is 5.96 Å². The largest absolute Gasteiger partial charge is 0.370 e. The summed E-state index contributed by atoms with van der Waals surface area (Å²) in [7, 11) is 0. The highest BCUT2D eigenvalue weighted by atomic mass is 15.3. The molecule has 1 heterocycles. The summed E-state index contributed by atoms with van der Waals surface area (Å²) in [5, 5.41) is 0. The third-order valence-electron chi connectivity index (χ3n) is 2.84. The topological polar surface area (TPSA) is 41.6 Å². The van der Waals surface area contributed by atoms with Gasteiger partial charge in [0.05, 0.1) is 6.04 Å². The van der Waals surface area contributed by atoms with Crippen molar-refractivity contribution < 1.29 is 0 Å². The van der Waals surface area contributed by atoms with Gasteiger partial charge >= 0.3 is 0 Å². The molecule has 0 bridgehead atoms. The van der Waals surface area contributed by atoms with E-state index in [9.17, 15) is 0 Å². The Kier molecular flexibility index (Phi) is 2.42. The normalized spacial score (nSPS) is 30.7. The van der Waals surface area contributed by atoms with Crippen LogP contribution >= 0.6 is 0 Å². The Hall–Kier alpha value is -0.730.